The van der Waals surface area contributed by atoms with E-state index in [2.05, 4.69) is 22.1 Å². The second-order valence-electron chi connectivity index (χ2n) is 5.15. The van der Waals surface area contributed by atoms with E-state index in [1.54, 1.807) is 6.07 Å². The largest absolute Gasteiger partial charge is 0.309 e. The number of halogens is 1. The predicted octanol–water partition coefficient (Wildman–Crippen LogP) is 2.70. The van der Waals surface area contributed by atoms with Crippen LogP contribution in [0.2, 0.25) is 0 Å². The van der Waals surface area contributed by atoms with Crippen LogP contribution in [0, 0.1) is 5.82 Å². The molecule has 1 saturated heterocycles. The number of pyridine rings is 1. The molecule has 1 aromatic rings. The van der Waals surface area contributed by atoms with Gasteiger partial charge in [-0.1, -0.05) is 6.92 Å². The average Bonchev–Trinajstić information content (AvgIpc) is 2.50. The Kier molecular flexibility index (Phi) is 6.76. The molecule has 1 fully saturated rings. The van der Waals surface area contributed by atoms with Crippen molar-refractivity contribution in [2.45, 2.75) is 25.8 Å². The topological polar surface area (TPSA) is 28.2 Å². The van der Waals surface area contributed by atoms with E-state index in [9.17, 15) is 4.39 Å². The molecule has 1 aromatic heterocycles. The van der Waals surface area contributed by atoms with Gasteiger partial charge in [-0.3, -0.25) is 4.98 Å². The Bertz CT molecular complexity index is 379. The molecule has 20 heavy (non-hydrogen) atoms. The lowest BCUT2D eigenvalue weighted by molar-refractivity contribution is 0.279. The number of nitrogens with zero attached hydrogens (tertiary/aromatic N) is 2. The average molecular weight is 297 g/mol. The summed E-state index contributed by atoms with van der Waals surface area (Å²) >= 11 is 2.03. The molecule has 5 heteroatoms. The summed E-state index contributed by atoms with van der Waals surface area (Å²) in [7, 11) is 0. The van der Waals surface area contributed by atoms with Gasteiger partial charge in [0.05, 0.1) is 17.9 Å². The highest BCUT2D eigenvalue weighted by molar-refractivity contribution is 7.99. The molecule has 1 atom stereocenters. The lowest BCUT2D eigenvalue weighted by Crippen LogP contribution is -2.35. The van der Waals surface area contributed by atoms with E-state index in [-0.39, 0.29) is 11.9 Å². The van der Waals surface area contributed by atoms with E-state index in [0.717, 1.165) is 31.6 Å². The fourth-order valence-corrected chi connectivity index (χ4v) is 3.38. The van der Waals surface area contributed by atoms with E-state index in [4.69, 9.17) is 0 Å². The van der Waals surface area contributed by atoms with Crippen LogP contribution in [0.15, 0.2) is 18.3 Å². The fourth-order valence-electron chi connectivity index (χ4n) is 2.40. The zero-order valence-corrected chi connectivity index (χ0v) is 13.0. The van der Waals surface area contributed by atoms with Crippen molar-refractivity contribution in [2.75, 3.05) is 37.7 Å². The van der Waals surface area contributed by atoms with Crippen molar-refractivity contribution in [3.63, 3.8) is 0 Å². The van der Waals surface area contributed by atoms with E-state index < -0.39 is 0 Å². The molecule has 0 amide bonds. The van der Waals surface area contributed by atoms with Crippen molar-refractivity contribution in [1.82, 2.24) is 15.2 Å². The summed E-state index contributed by atoms with van der Waals surface area (Å²) in [6, 6.07) is 3.53. The fraction of sp³-hybridized carbons (Fsp3) is 0.667. The van der Waals surface area contributed by atoms with Crippen LogP contribution in [-0.2, 0) is 0 Å². The quantitative estimate of drug-likeness (QED) is 0.837. The monoisotopic (exact) mass is 297 g/mol. The lowest BCUT2D eigenvalue weighted by Gasteiger charge is -2.28. The van der Waals surface area contributed by atoms with Crippen LogP contribution >= 0.6 is 11.8 Å². The van der Waals surface area contributed by atoms with Crippen molar-refractivity contribution in [3.05, 3.63) is 29.8 Å². The number of hydrogen-bond donors (Lipinski definition) is 1. The number of thioether (sulfide) groups is 1. The minimum absolute atomic E-state index is 0.227. The summed E-state index contributed by atoms with van der Waals surface area (Å²) in [5, 5.41) is 3.53. The molecule has 0 aliphatic carbocycles. The van der Waals surface area contributed by atoms with E-state index in [1.165, 1.54) is 36.9 Å². The van der Waals surface area contributed by atoms with Crippen LogP contribution in [0.5, 0.6) is 0 Å². The smallest absolute Gasteiger partial charge is 0.141 e. The molecule has 0 spiro atoms. The van der Waals surface area contributed by atoms with Crippen LogP contribution in [0.25, 0.3) is 0 Å². The summed E-state index contributed by atoms with van der Waals surface area (Å²) in [6.45, 7) is 6.58. The number of hydrogen-bond acceptors (Lipinski definition) is 4. The molecule has 1 aliphatic heterocycles. The zero-order valence-electron chi connectivity index (χ0n) is 12.1. The summed E-state index contributed by atoms with van der Waals surface area (Å²) in [5.41, 5.74) is 0.950. The molecule has 0 saturated carbocycles. The van der Waals surface area contributed by atoms with Gasteiger partial charge in [0.2, 0.25) is 0 Å². The molecule has 1 N–H and O–H groups in total. The lowest BCUT2D eigenvalue weighted by atomic mass is 10.1. The van der Waals surface area contributed by atoms with Gasteiger partial charge in [-0.15, -0.1) is 0 Å². The molecule has 112 valence electrons. The van der Waals surface area contributed by atoms with Gasteiger partial charge in [0.1, 0.15) is 5.82 Å². The first-order chi connectivity index (χ1) is 9.79. The van der Waals surface area contributed by atoms with Gasteiger partial charge < -0.3 is 10.2 Å². The maximum atomic E-state index is 13.0. The predicted molar refractivity (Wildman–Crippen MR) is 83.6 cm³/mol. The van der Waals surface area contributed by atoms with Crippen molar-refractivity contribution in [3.8, 4) is 0 Å². The van der Waals surface area contributed by atoms with Crippen molar-refractivity contribution in [2.24, 2.45) is 0 Å². The van der Waals surface area contributed by atoms with E-state index >= 15 is 0 Å². The van der Waals surface area contributed by atoms with Gasteiger partial charge in [-0.25, -0.2) is 4.39 Å². The van der Waals surface area contributed by atoms with Gasteiger partial charge >= 0.3 is 0 Å². The normalized spacial score (nSPS) is 18.1. The first-order valence-electron chi connectivity index (χ1n) is 7.44. The molecule has 2 heterocycles. The van der Waals surface area contributed by atoms with Gasteiger partial charge in [0.25, 0.3) is 0 Å². The second kappa shape index (κ2) is 8.60. The summed E-state index contributed by atoms with van der Waals surface area (Å²) in [6.07, 6.45) is 3.44. The van der Waals surface area contributed by atoms with Crippen LogP contribution in [-0.4, -0.2) is 47.6 Å². The Balaban J connectivity index is 1.90. The van der Waals surface area contributed by atoms with Crippen LogP contribution in [0.1, 0.15) is 31.5 Å². The molecule has 0 bridgehead atoms. The van der Waals surface area contributed by atoms with Gasteiger partial charge in [-0.05, 0) is 31.5 Å². The molecule has 1 aliphatic rings. The third-order valence-corrected chi connectivity index (χ3v) is 4.53. The van der Waals surface area contributed by atoms with Crippen LogP contribution < -0.4 is 5.32 Å². The standard InChI is InChI=1S/C15H24FN3S/c1-2-6-17-15(14-4-3-13(16)12-18-14)5-7-19-8-10-20-11-9-19/h3-4,12,15,17H,2,5-11H2,1H3. The Morgan fingerprint density at radius 3 is 2.85 bits per heavy atom. The first kappa shape index (κ1) is 15.7. The van der Waals surface area contributed by atoms with Gasteiger partial charge in [-0.2, -0.15) is 11.8 Å². The SMILES string of the molecule is CCCNC(CCN1CCSCC1)c1ccc(F)cn1. The number of rotatable bonds is 7. The summed E-state index contributed by atoms with van der Waals surface area (Å²) in [5.74, 6) is 2.21. The first-order valence-corrected chi connectivity index (χ1v) is 8.60. The number of nitrogens with one attached hydrogen (secondary N) is 1. The molecular weight excluding hydrogens is 273 g/mol. The highest BCUT2D eigenvalue weighted by Crippen LogP contribution is 2.17. The van der Waals surface area contributed by atoms with Crippen molar-refractivity contribution in [1.29, 1.82) is 0 Å². The minimum atomic E-state index is -0.268. The maximum absolute atomic E-state index is 13.0. The van der Waals surface area contributed by atoms with Gasteiger partial charge in [0, 0.05) is 31.1 Å². The Morgan fingerprint density at radius 1 is 1.40 bits per heavy atom. The highest BCUT2D eigenvalue weighted by atomic mass is 32.2. The summed E-state index contributed by atoms with van der Waals surface area (Å²) in [4.78, 5) is 6.75. The third kappa shape index (κ3) is 5.04. The molecule has 0 aromatic carbocycles. The van der Waals surface area contributed by atoms with E-state index in [0.29, 0.717) is 0 Å². The van der Waals surface area contributed by atoms with Crippen molar-refractivity contribution >= 4 is 11.8 Å². The third-order valence-electron chi connectivity index (χ3n) is 3.59. The molecular formula is C15H24FN3S. The van der Waals surface area contributed by atoms with Crippen molar-refractivity contribution < 1.29 is 4.39 Å². The molecule has 2 rings (SSSR count). The van der Waals surface area contributed by atoms with Crippen LogP contribution in [0.4, 0.5) is 4.39 Å². The zero-order chi connectivity index (χ0) is 14.2. The minimum Gasteiger partial charge on any atom is -0.309 e. The maximum Gasteiger partial charge on any atom is 0.141 e. The molecule has 1 unspecified atom stereocenters. The number of aromatic nitrogens is 1. The molecule has 0 radical (unpaired) electrons. The Hall–Kier alpha value is -0.650. The Morgan fingerprint density at radius 2 is 2.20 bits per heavy atom. The van der Waals surface area contributed by atoms with Crippen LogP contribution in [0.3, 0.4) is 0 Å². The highest BCUT2D eigenvalue weighted by Gasteiger charge is 2.16. The van der Waals surface area contributed by atoms with Gasteiger partial charge in [0.15, 0.2) is 0 Å². The summed E-state index contributed by atoms with van der Waals surface area (Å²) < 4.78 is 13.0. The second-order valence-corrected chi connectivity index (χ2v) is 6.38. The van der Waals surface area contributed by atoms with E-state index in [1.807, 2.05) is 11.8 Å². The Labute approximate surface area is 125 Å². The molecule has 3 nitrogen and oxygen atoms in total.